The number of piperazine rings is 1. The molecule has 2 heterocycles. The Morgan fingerprint density at radius 2 is 1.91 bits per heavy atom. The van der Waals surface area contributed by atoms with Gasteiger partial charge in [-0.2, -0.15) is 0 Å². The van der Waals surface area contributed by atoms with Gasteiger partial charge in [0.05, 0.1) is 16.6 Å². The molecule has 2 aromatic rings. The Hall–Kier alpha value is -2.64. The summed E-state index contributed by atoms with van der Waals surface area (Å²) in [6, 6.07) is 10.6. The molecule has 2 fully saturated rings. The van der Waals surface area contributed by atoms with Crippen molar-refractivity contribution in [1.82, 2.24) is 9.80 Å². The third-order valence-corrected chi connectivity index (χ3v) is 6.47. The van der Waals surface area contributed by atoms with Gasteiger partial charge in [0, 0.05) is 43.3 Å². The number of rotatable bonds is 8. The number of nitro groups is 1. The monoisotopic (exact) mass is 459 g/mol. The fourth-order valence-corrected chi connectivity index (χ4v) is 4.94. The smallest absolute Gasteiger partial charge is 0.274 e. The van der Waals surface area contributed by atoms with Gasteiger partial charge in [-0.25, -0.2) is 4.39 Å². The zero-order valence-corrected chi connectivity index (χ0v) is 18.8. The fourth-order valence-electron chi connectivity index (χ4n) is 4.73. The Balaban J connectivity index is 1.41. The molecule has 170 valence electrons. The van der Waals surface area contributed by atoms with Gasteiger partial charge >= 0.3 is 0 Å². The number of ether oxygens (including phenoxy) is 1. The molecule has 2 aromatic carbocycles. The molecule has 32 heavy (non-hydrogen) atoms. The second-order valence-corrected chi connectivity index (χ2v) is 8.75. The van der Waals surface area contributed by atoms with Crippen molar-refractivity contribution >= 4 is 17.3 Å². The van der Waals surface area contributed by atoms with Crippen molar-refractivity contribution < 1.29 is 14.1 Å². The molecule has 0 radical (unpaired) electrons. The minimum atomic E-state index is -0.400. The number of likely N-dealkylation sites (tertiary alicyclic amines) is 1. The summed E-state index contributed by atoms with van der Waals surface area (Å²) in [5, 5.41) is 11.7. The summed E-state index contributed by atoms with van der Waals surface area (Å²) in [6.45, 7) is 5.02. The van der Waals surface area contributed by atoms with Crippen LogP contribution in [0.2, 0.25) is 5.02 Å². The van der Waals surface area contributed by atoms with Crippen molar-refractivity contribution in [3.63, 3.8) is 0 Å². The Labute approximate surface area is 192 Å². The fraction of sp³-hybridized carbons (Fsp3) is 0.417. The van der Waals surface area contributed by atoms with Crippen molar-refractivity contribution in [2.24, 2.45) is 0 Å². The first-order chi connectivity index (χ1) is 15.4. The van der Waals surface area contributed by atoms with E-state index >= 15 is 0 Å². The SMILES string of the molecule is CCOc1cc(C/C=C/N2C3CCC2CN(Cc2ccc(F)cc2)C3)c([N+](=O)[O-])cc1Cl. The summed E-state index contributed by atoms with van der Waals surface area (Å²) in [6.07, 6.45) is 6.78. The topological polar surface area (TPSA) is 58.8 Å². The highest BCUT2D eigenvalue weighted by Gasteiger charge is 2.37. The van der Waals surface area contributed by atoms with Crippen molar-refractivity contribution in [2.75, 3.05) is 19.7 Å². The molecule has 8 heteroatoms. The van der Waals surface area contributed by atoms with Crippen LogP contribution in [0.15, 0.2) is 48.7 Å². The van der Waals surface area contributed by atoms with Gasteiger partial charge in [0.2, 0.25) is 0 Å². The third kappa shape index (κ3) is 5.05. The molecule has 0 N–H and O–H groups in total. The van der Waals surface area contributed by atoms with E-state index in [0.717, 1.165) is 38.0 Å². The number of allylic oxidation sites excluding steroid dienone is 1. The summed E-state index contributed by atoms with van der Waals surface area (Å²) in [5.74, 6) is 0.260. The Morgan fingerprint density at radius 3 is 2.53 bits per heavy atom. The predicted octanol–water partition coefficient (Wildman–Crippen LogP) is 5.19. The zero-order valence-electron chi connectivity index (χ0n) is 18.0. The van der Waals surface area contributed by atoms with Gasteiger partial charge < -0.3 is 9.64 Å². The molecule has 0 spiro atoms. The Morgan fingerprint density at radius 1 is 1.22 bits per heavy atom. The molecule has 0 aliphatic carbocycles. The van der Waals surface area contributed by atoms with Crippen LogP contribution in [0.25, 0.3) is 0 Å². The minimum Gasteiger partial charge on any atom is -0.492 e. The molecular formula is C24H27ClFN3O3. The minimum absolute atomic E-state index is 0.00944. The molecule has 6 nitrogen and oxygen atoms in total. The number of hydrogen-bond acceptors (Lipinski definition) is 5. The molecule has 2 atom stereocenters. The van der Waals surface area contributed by atoms with E-state index in [0.29, 0.717) is 36.4 Å². The van der Waals surface area contributed by atoms with Gasteiger partial charge in [-0.05, 0) is 56.1 Å². The predicted molar refractivity (Wildman–Crippen MR) is 122 cm³/mol. The van der Waals surface area contributed by atoms with Crippen LogP contribution in [0.4, 0.5) is 10.1 Å². The maximum Gasteiger partial charge on any atom is 0.274 e. The largest absolute Gasteiger partial charge is 0.492 e. The molecule has 0 saturated carbocycles. The average Bonchev–Trinajstić information content (AvgIpc) is 2.99. The molecule has 2 aliphatic rings. The van der Waals surface area contributed by atoms with E-state index in [1.165, 1.54) is 18.2 Å². The molecule has 4 rings (SSSR count). The normalized spacial score (nSPS) is 20.8. The number of halogens is 2. The standard InChI is InChI=1S/C24H27ClFN3O3/c1-2-32-24-12-18(23(29(30)31)13-22(24)25)4-3-11-28-20-9-10-21(28)16-27(15-20)14-17-5-7-19(26)8-6-17/h3,5-8,11-13,20-21H,2,4,9-10,14-16H2,1H3/b11-3+. The number of hydrogen-bond donors (Lipinski definition) is 0. The molecule has 0 aromatic heterocycles. The van der Waals surface area contributed by atoms with E-state index in [1.54, 1.807) is 6.07 Å². The highest BCUT2D eigenvalue weighted by Crippen LogP contribution is 2.34. The van der Waals surface area contributed by atoms with Crippen LogP contribution < -0.4 is 4.74 Å². The lowest BCUT2D eigenvalue weighted by atomic mass is 10.1. The summed E-state index contributed by atoms with van der Waals surface area (Å²) in [7, 11) is 0. The van der Waals surface area contributed by atoms with E-state index in [2.05, 4.69) is 16.0 Å². The maximum atomic E-state index is 13.2. The van der Waals surface area contributed by atoms with Crippen LogP contribution in [0.5, 0.6) is 5.75 Å². The second kappa shape index (κ2) is 9.88. The van der Waals surface area contributed by atoms with Gasteiger partial charge in [-0.15, -0.1) is 0 Å². The molecule has 2 saturated heterocycles. The van der Waals surface area contributed by atoms with E-state index < -0.39 is 4.92 Å². The van der Waals surface area contributed by atoms with Crippen molar-refractivity contribution in [2.45, 2.75) is 44.8 Å². The van der Waals surface area contributed by atoms with Crippen LogP contribution in [-0.2, 0) is 13.0 Å². The first-order valence-corrected chi connectivity index (χ1v) is 11.3. The summed E-state index contributed by atoms with van der Waals surface area (Å²) in [5.41, 5.74) is 1.71. The Bertz CT molecular complexity index is 985. The van der Waals surface area contributed by atoms with Crippen molar-refractivity contribution in [3.8, 4) is 5.75 Å². The summed E-state index contributed by atoms with van der Waals surface area (Å²) >= 11 is 6.13. The van der Waals surface area contributed by atoms with Gasteiger partial charge in [0.15, 0.2) is 0 Å². The number of nitro benzene ring substituents is 1. The van der Waals surface area contributed by atoms with Gasteiger partial charge in [-0.1, -0.05) is 29.8 Å². The van der Waals surface area contributed by atoms with E-state index in [4.69, 9.17) is 16.3 Å². The number of fused-ring (bicyclic) bond motifs is 2. The van der Waals surface area contributed by atoms with Gasteiger partial charge in [-0.3, -0.25) is 15.0 Å². The highest BCUT2D eigenvalue weighted by atomic mass is 35.5. The number of benzene rings is 2. The maximum absolute atomic E-state index is 13.2. The van der Waals surface area contributed by atoms with Crippen LogP contribution in [0.3, 0.4) is 0 Å². The van der Waals surface area contributed by atoms with Gasteiger partial charge in [0.25, 0.3) is 5.69 Å². The molecule has 2 unspecified atom stereocenters. The van der Waals surface area contributed by atoms with Crippen LogP contribution in [0, 0.1) is 15.9 Å². The van der Waals surface area contributed by atoms with Crippen LogP contribution in [-0.4, -0.2) is 46.5 Å². The van der Waals surface area contributed by atoms with Crippen LogP contribution >= 0.6 is 11.6 Å². The van der Waals surface area contributed by atoms with E-state index in [1.807, 2.05) is 25.1 Å². The molecular weight excluding hydrogens is 433 g/mol. The quantitative estimate of drug-likeness (QED) is 0.401. The van der Waals surface area contributed by atoms with Crippen molar-refractivity contribution in [1.29, 1.82) is 0 Å². The lowest BCUT2D eigenvalue weighted by Crippen LogP contribution is -2.50. The Kier molecular flexibility index (Phi) is 6.96. The highest BCUT2D eigenvalue weighted by molar-refractivity contribution is 6.32. The zero-order chi connectivity index (χ0) is 22.7. The van der Waals surface area contributed by atoms with E-state index in [-0.39, 0.29) is 16.5 Å². The lowest BCUT2D eigenvalue weighted by Gasteiger charge is -2.40. The second-order valence-electron chi connectivity index (χ2n) is 8.34. The van der Waals surface area contributed by atoms with Crippen molar-refractivity contribution in [3.05, 3.63) is 80.8 Å². The van der Waals surface area contributed by atoms with Crippen LogP contribution in [0.1, 0.15) is 30.9 Å². The first kappa shape index (κ1) is 22.6. The van der Waals surface area contributed by atoms with E-state index in [9.17, 15) is 14.5 Å². The average molecular weight is 460 g/mol. The molecule has 0 amide bonds. The summed E-state index contributed by atoms with van der Waals surface area (Å²) in [4.78, 5) is 15.9. The molecule has 2 bridgehead atoms. The number of nitrogens with zero attached hydrogens (tertiary/aromatic N) is 3. The first-order valence-electron chi connectivity index (χ1n) is 10.9. The summed E-state index contributed by atoms with van der Waals surface area (Å²) < 4.78 is 18.7. The van der Waals surface area contributed by atoms with Gasteiger partial charge in [0.1, 0.15) is 11.6 Å². The lowest BCUT2D eigenvalue weighted by molar-refractivity contribution is -0.385. The molecule has 2 aliphatic heterocycles. The third-order valence-electron chi connectivity index (χ3n) is 6.18.